The van der Waals surface area contributed by atoms with Crippen molar-refractivity contribution >= 4 is 0 Å². The Morgan fingerprint density at radius 1 is 1.25 bits per heavy atom. The van der Waals surface area contributed by atoms with Gasteiger partial charge in [0.2, 0.25) is 0 Å². The van der Waals surface area contributed by atoms with Gasteiger partial charge < -0.3 is 4.74 Å². The first kappa shape index (κ1) is 10.8. The first-order valence-corrected chi connectivity index (χ1v) is 6.78. The highest BCUT2D eigenvalue weighted by Gasteiger charge is 2.64. The van der Waals surface area contributed by atoms with Crippen LogP contribution in [0.15, 0.2) is 12.2 Å². The van der Waals surface area contributed by atoms with Crippen molar-refractivity contribution in [3.8, 4) is 0 Å². The fourth-order valence-corrected chi connectivity index (χ4v) is 4.54. The molecule has 3 fully saturated rings. The molecule has 0 radical (unpaired) electrons. The minimum Gasteiger partial charge on any atom is -0.364 e. The van der Waals surface area contributed by atoms with E-state index in [1.165, 1.54) is 44.1 Å². The molecule has 0 amide bonds. The monoisotopic (exact) mass is 220 g/mol. The Kier molecular flexibility index (Phi) is 1.98. The minimum absolute atomic E-state index is 0.0255. The Morgan fingerprint density at radius 3 is 2.75 bits per heavy atom. The lowest BCUT2D eigenvalue weighted by molar-refractivity contribution is -0.136. The van der Waals surface area contributed by atoms with Crippen LogP contribution in [0.3, 0.4) is 0 Å². The van der Waals surface area contributed by atoms with Gasteiger partial charge in [-0.15, -0.1) is 0 Å². The van der Waals surface area contributed by atoms with Crippen LogP contribution in [0.2, 0.25) is 0 Å². The molecule has 3 rings (SSSR count). The quantitative estimate of drug-likeness (QED) is 0.559. The van der Waals surface area contributed by atoms with Crippen molar-refractivity contribution in [1.29, 1.82) is 0 Å². The summed E-state index contributed by atoms with van der Waals surface area (Å²) in [4.78, 5) is 0. The molecular weight excluding hydrogens is 196 g/mol. The molecule has 1 aliphatic heterocycles. The zero-order chi connectivity index (χ0) is 11.6. The van der Waals surface area contributed by atoms with Crippen LogP contribution in [0.1, 0.15) is 59.3 Å². The maximum atomic E-state index is 6.58. The summed E-state index contributed by atoms with van der Waals surface area (Å²) in [6, 6.07) is 0. The van der Waals surface area contributed by atoms with Crippen LogP contribution in [0, 0.1) is 11.3 Å². The molecule has 2 saturated carbocycles. The summed E-state index contributed by atoms with van der Waals surface area (Å²) in [7, 11) is 0. The predicted molar refractivity (Wildman–Crippen MR) is 66.3 cm³/mol. The molecule has 1 heterocycles. The SMILES string of the molecule is C=C1CCC[C@@]2(C)CC[C@@H]3C[C@]12OC3(C)C. The summed E-state index contributed by atoms with van der Waals surface area (Å²) in [5.41, 5.74) is 1.85. The van der Waals surface area contributed by atoms with E-state index in [4.69, 9.17) is 4.74 Å². The van der Waals surface area contributed by atoms with E-state index in [-0.39, 0.29) is 11.2 Å². The second-order valence-corrected chi connectivity index (χ2v) is 6.99. The van der Waals surface area contributed by atoms with Gasteiger partial charge in [0.25, 0.3) is 0 Å². The lowest BCUT2D eigenvalue weighted by Gasteiger charge is -2.53. The van der Waals surface area contributed by atoms with Crippen molar-refractivity contribution in [2.24, 2.45) is 11.3 Å². The van der Waals surface area contributed by atoms with Crippen LogP contribution in [-0.4, -0.2) is 11.2 Å². The minimum atomic E-state index is 0.0255. The predicted octanol–water partition coefficient (Wildman–Crippen LogP) is 4.08. The molecule has 3 aliphatic rings. The van der Waals surface area contributed by atoms with Gasteiger partial charge >= 0.3 is 0 Å². The van der Waals surface area contributed by atoms with Gasteiger partial charge in [-0.2, -0.15) is 0 Å². The molecular formula is C15H24O. The molecule has 0 aromatic heterocycles. The highest BCUT2D eigenvalue weighted by Crippen LogP contribution is 2.65. The number of fused-ring (bicyclic) bond motifs is 1. The lowest BCUT2D eigenvalue weighted by atomic mass is 9.54. The van der Waals surface area contributed by atoms with Crippen molar-refractivity contribution in [3.05, 3.63) is 12.2 Å². The van der Waals surface area contributed by atoms with Gasteiger partial charge in [-0.3, -0.25) is 0 Å². The number of hydrogen-bond donors (Lipinski definition) is 0. The third-order valence-corrected chi connectivity index (χ3v) is 5.75. The van der Waals surface area contributed by atoms with Crippen LogP contribution < -0.4 is 0 Å². The van der Waals surface area contributed by atoms with Crippen molar-refractivity contribution < 1.29 is 4.74 Å². The molecule has 90 valence electrons. The first-order valence-electron chi connectivity index (χ1n) is 6.78. The largest absolute Gasteiger partial charge is 0.364 e. The van der Waals surface area contributed by atoms with Crippen LogP contribution >= 0.6 is 0 Å². The van der Waals surface area contributed by atoms with E-state index in [1.807, 2.05) is 0 Å². The molecule has 0 N–H and O–H groups in total. The number of rotatable bonds is 0. The van der Waals surface area contributed by atoms with Crippen LogP contribution in [0.4, 0.5) is 0 Å². The van der Waals surface area contributed by atoms with Gasteiger partial charge in [-0.25, -0.2) is 0 Å². The molecule has 1 spiro atoms. The molecule has 1 nitrogen and oxygen atoms in total. The molecule has 1 saturated heterocycles. The van der Waals surface area contributed by atoms with E-state index in [9.17, 15) is 0 Å². The maximum Gasteiger partial charge on any atom is 0.0953 e. The molecule has 2 aliphatic carbocycles. The summed E-state index contributed by atoms with van der Waals surface area (Å²) in [5, 5.41) is 0. The normalized spacial score (nSPS) is 50.2. The summed E-state index contributed by atoms with van der Waals surface area (Å²) in [5.74, 6) is 0.746. The van der Waals surface area contributed by atoms with Crippen LogP contribution in [0.5, 0.6) is 0 Å². The van der Waals surface area contributed by atoms with E-state index in [0.717, 1.165) is 5.92 Å². The third kappa shape index (κ3) is 1.11. The van der Waals surface area contributed by atoms with E-state index >= 15 is 0 Å². The smallest absolute Gasteiger partial charge is 0.0953 e. The molecule has 0 aromatic carbocycles. The Hall–Kier alpha value is -0.300. The van der Waals surface area contributed by atoms with Gasteiger partial charge in [0.1, 0.15) is 0 Å². The number of ether oxygens (including phenoxy) is 1. The molecule has 3 atom stereocenters. The topological polar surface area (TPSA) is 9.23 Å². The van der Waals surface area contributed by atoms with Gasteiger partial charge in [-0.1, -0.05) is 13.5 Å². The average molecular weight is 220 g/mol. The second kappa shape index (κ2) is 2.93. The highest BCUT2D eigenvalue weighted by atomic mass is 16.5. The first-order chi connectivity index (χ1) is 7.40. The molecule has 2 bridgehead atoms. The molecule has 0 aromatic rings. The Balaban J connectivity index is 2.07. The molecule has 1 heteroatoms. The van der Waals surface area contributed by atoms with Gasteiger partial charge in [0, 0.05) is 5.41 Å². The lowest BCUT2D eigenvalue weighted by Crippen LogP contribution is -2.51. The van der Waals surface area contributed by atoms with Gasteiger partial charge in [-0.05, 0) is 63.9 Å². The van der Waals surface area contributed by atoms with Gasteiger partial charge in [0.15, 0.2) is 0 Å². The summed E-state index contributed by atoms with van der Waals surface area (Å²) < 4.78 is 6.58. The summed E-state index contributed by atoms with van der Waals surface area (Å²) >= 11 is 0. The maximum absolute atomic E-state index is 6.58. The molecule has 16 heavy (non-hydrogen) atoms. The van der Waals surface area contributed by atoms with Gasteiger partial charge in [0.05, 0.1) is 11.2 Å². The van der Waals surface area contributed by atoms with Crippen LogP contribution in [0.25, 0.3) is 0 Å². The fourth-order valence-electron chi connectivity index (χ4n) is 4.54. The van der Waals surface area contributed by atoms with Crippen molar-refractivity contribution in [1.82, 2.24) is 0 Å². The summed E-state index contributed by atoms with van der Waals surface area (Å²) in [6.45, 7) is 11.3. The highest BCUT2D eigenvalue weighted by molar-refractivity contribution is 5.28. The summed E-state index contributed by atoms with van der Waals surface area (Å²) in [6.07, 6.45) is 7.73. The average Bonchev–Trinajstić information content (AvgIpc) is 2.42. The molecule has 0 unspecified atom stereocenters. The van der Waals surface area contributed by atoms with E-state index in [2.05, 4.69) is 27.4 Å². The second-order valence-electron chi connectivity index (χ2n) is 6.99. The Bertz CT molecular complexity index is 343. The Morgan fingerprint density at radius 2 is 2.00 bits per heavy atom. The van der Waals surface area contributed by atoms with Crippen LogP contribution in [-0.2, 0) is 4.74 Å². The van der Waals surface area contributed by atoms with Crippen molar-refractivity contribution in [3.63, 3.8) is 0 Å². The van der Waals surface area contributed by atoms with E-state index < -0.39 is 0 Å². The van der Waals surface area contributed by atoms with Crippen molar-refractivity contribution in [2.75, 3.05) is 0 Å². The zero-order valence-corrected chi connectivity index (χ0v) is 10.9. The zero-order valence-electron chi connectivity index (χ0n) is 10.9. The Labute approximate surface area is 99.3 Å². The van der Waals surface area contributed by atoms with Crippen molar-refractivity contribution in [2.45, 2.75) is 70.5 Å². The number of hydrogen-bond acceptors (Lipinski definition) is 1. The van der Waals surface area contributed by atoms with E-state index in [0.29, 0.717) is 5.41 Å². The fraction of sp³-hybridized carbons (Fsp3) is 0.867. The third-order valence-electron chi connectivity index (χ3n) is 5.75. The van der Waals surface area contributed by atoms with E-state index in [1.54, 1.807) is 0 Å². The standard InChI is InChI=1S/C15H24O/c1-11-6-5-8-14(4)9-7-12-10-15(11,14)16-13(12,2)3/h12H,1,5-10H2,2-4H3/t12-,14+,15+/m1/s1.